The van der Waals surface area contributed by atoms with Gasteiger partial charge in [0.15, 0.2) is 8.68 Å². The second kappa shape index (κ2) is 10.2. The summed E-state index contributed by atoms with van der Waals surface area (Å²) in [5, 5.41) is 13.5. The van der Waals surface area contributed by atoms with Gasteiger partial charge in [-0.1, -0.05) is 77.3 Å². The maximum atomic E-state index is 12.6. The molecule has 0 fully saturated rings. The van der Waals surface area contributed by atoms with Crippen molar-refractivity contribution < 1.29 is 9.53 Å². The van der Waals surface area contributed by atoms with E-state index in [0.29, 0.717) is 0 Å². The van der Waals surface area contributed by atoms with Gasteiger partial charge in [0, 0.05) is 11.4 Å². The number of benzene rings is 3. The summed E-state index contributed by atoms with van der Waals surface area (Å²) in [5.74, 6) is 1.60. The van der Waals surface area contributed by atoms with E-state index in [4.69, 9.17) is 4.74 Å². The Morgan fingerprint density at radius 2 is 1.77 bits per heavy atom. The van der Waals surface area contributed by atoms with Crippen molar-refractivity contribution in [1.82, 2.24) is 10.2 Å². The molecule has 3 aromatic carbocycles. The summed E-state index contributed by atoms with van der Waals surface area (Å²) in [6, 6.07) is 22.0. The molecule has 1 aromatic heterocycles. The number of thioether (sulfide) groups is 2. The van der Waals surface area contributed by atoms with Gasteiger partial charge in [0.1, 0.15) is 5.75 Å². The molecular formula is C23H21N3O2S3. The van der Waals surface area contributed by atoms with Crippen LogP contribution in [0.5, 0.6) is 5.75 Å². The molecule has 0 radical (unpaired) electrons. The normalized spacial score (nSPS) is 11.9. The summed E-state index contributed by atoms with van der Waals surface area (Å²) in [6.45, 7) is 1.88. The van der Waals surface area contributed by atoms with Crippen LogP contribution in [0, 0.1) is 0 Å². The molecule has 0 saturated heterocycles. The zero-order chi connectivity index (χ0) is 21.6. The van der Waals surface area contributed by atoms with Crippen LogP contribution in [0.4, 0.5) is 5.69 Å². The quantitative estimate of drug-likeness (QED) is 0.315. The molecule has 0 aliphatic heterocycles. The Hall–Kier alpha value is -2.55. The molecule has 1 amide bonds. The number of aromatic nitrogens is 2. The minimum absolute atomic E-state index is 0.0529. The lowest BCUT2D eigenvalue weighted by Crippen LogP contribution is -2.22. The number of carbonyl (C=O) groups excluding carboxylic acids is 1. The highest BCUT2D eigenvalue weighted by Crippen LogP contribution is 2.33. The van der Waals surface area contributed by atoms with E-state index < -0.39 is 0 Å². The van der Waals surface area contributed by atoms with Crippen molar-refractivity contribution in [3.05, 3.63) is 72.3 Å². The number of hydrogen-bond donors (Lipinski definition) is 1. The van der Waals surface area contributed by atoms with Crippen LogP contribution in [0.15, 0.2) is 75.4 Å². The van der Waals surface area contributed by atoms with Crippen molar-refractivity contribution in [3.63, 3.8) is 0 Å². The Bertz CT molecular complexity index is 1180. The number of amides is 1. The first kappa shape index (κ1) is 21.7. The molecule has 1 heterocycles. The van der Waals surface area contributed by atoms with Gasteiger partial charge >= 0.3 is 0 Å². The Morgan fingerprint density at radius 1 is 1.03 bits per heavy atom. The summed E-state index contributed by atoms with van der Waals surface area (Å²) < 4.78 is 6.86. The molecule has 5 nitrogen and oxygen atoms in total. The number of methoxy groups -OCH3 is 1. The Labute approximate surface area is 193 Å². The summed E-state index contributed by atoms with van der Waals surface area (Å²) in [5.41, 5.74) is 1.99. The second-order valence-electron chi connectivity index (χ2n) is 6.78. The van der Waals surface area contributed by atoms with E-state index in [9.17, 15) is 4.79 Å². The van der Waals surface area contributed by atoms with Crippen molar-refractivity contribution in [2.75, 3.05) is 12.4 Å². The third kappa shape index (κ3) is 5.78. The lowest BCUT2D eigenvalue weighted by atomic mass is 10.1. The summed E-state index contributed by atoms with van der Waals surface area (Å²) in [6.07, 6.45) is 0. The highest BCUT2D eigenvalue weighted by Gasteiger charge is 2.17. The highest BCUT2D eigenvalue weighted by atomic mass is 32.2. The molecule has 8 heteroatoms. The van der Waals surface area contributed by atoms with Gasteiger partial charge in [-0.05, 0) is 47.5 Å². The third-order valence-corrected chi connectivity index (χ3v) is 7.89. The molecule has 1 unspecified atom stereocenters. The highest BCUT2D eigenvalue weighted by molar-refractivity contribution is 8.03. The topological polar surface area (TPSA) is 64.1 Å². The minimum Gasteiger partial charge on any atom is -0.497 e. The van der Waals surface area contributed by atoms with E-state index in [0.717, 1.165) is 36.6 Å². The number of anilines is 1. The first-order chi connectivity index (χ1) is 15.1. The van der Waals surface area contributed by atoms with Crippen LogP contribution in [-0.2, 0) is 10.5 Å². The fraction of sp³-hybridized carbons (Fsp3) is 0.174. The molecule has 1 N–H and O–H groups in total. The SMILES string of the molecule is COc1ccc(CSc2nnc(SC(C)C(=O)Nc3ccc4ccccc4c3)s2)cc1. The lowest BCUT2D eigenvalue weighted by molar-refractivity contribution is -0.115. The predicted molar refractivity (Wildman–Crippen MR) is 130 cm³/mol. The maximum Gasteiger partial charge on any atom is 0.237 e. The number of hydrogen-bond acceptors (Lipinski definition) is 7. The number of nitrogens with one attached hydrogen (secondary N) is 1. The molecule has 1 atom stereocenters. The van der Waals surface area contributed by atoms with Crippen LogP contribution in [0.3, 0.4) is 0 Å². The van der Waals surface area contributed by atoms with E-state index in [2.05, 4.69) is 21.6 Å². The molecule has 4 rings (SSSR count). The van der Waals surface area contributed by atoms with Crippen LogP contribution >= 0.6 is 34.9 Å². The van der Waals surface area contributed by atoms with Crippen LogP contribution in [0.1, 0.15) is 12.5 Å². The first-order valence-electron chi connectivity index (χ1n) is 9.66. The molecule has 31 heavy (non-hydrogen) atoms. The third-order valence-electron chi connectivity index (χ3n) is 4.57. The zero-order valence-electron chi connectivity index (χ0n) is 17.1. The van der Waals surface area contributed by atoms with Gasteiger partial charge in [-0.3, -0.25) is 4.79 Å². The van der Waals surface area contributed by atoms with E-state index in [-0.39, 0.29) is 11.2 Å². The number of carbonyl (C=O) groups is 1. The number of rotatable bonds is 8. The van der Waals surface area contributed by atoms with Crippen LogP contribution in [0.2, 0.25) is 0 Å². The second-order valence-corrected chi connectivity index (χ2v) is 10.6. The fourth-order valence-corrected chi connectivity index (χ4v) is 6.01. The van der Waals surface area contributed by atoms with Gasteiger partial charge in [-0.25, -0.2) is 0 Å². The number of fused-ring (bicyclic) bond motifs is 1. The van der Waals surface area contributed by atoms with Crippen LogP contribution < -0.4 is 10.1 Å². The van der Waals surface area contributed by atoms with Gasteiger partial charge in [0.05, 0.1) is 12.4 Å². The molecule has 0 saturated carbocycles. The van der Waals surface area contributed by atoms with E-state index >= 15 is 0 Å². The van der Waals surface area contributed by atoms with Crippen molar-refractivity contribution in [2.45, 2.75) is 26.6 Å². The smallest absolute Gasteiger partial charge is 0.237 e. The number of nitrogens with zero attached hydrogens (tertiary/aromatic N) is 2. The monoisotopic (exact) mass is 467 g/mol. The van der Waals surface area contributed by atoms with Gasteiger partial charge < -0.3 is 10.1 Å². The summed E-state index contributed by atoms with van der Waals surface area (Å²) in [7, 11) is 1.66. The first-order valence-corrected chi connectivity index (χ1v) is 12.3. The maximum absolute atomic E-state index is 12.6. The van der Waals surface area contributed by atoms with Gasteiger partial charge in [-0.15, -0.1) is 10.2 Å². The predicted octanol–water partition coefficient (Wildman–Crippen LogP) is 6.11. The van der Waals surface area contributed by atoms with Crippen molar-refractivity contribution >= 4 is 57.2 Å². The Kier molecular flexibility index (Phi) is 7.11. The lowest BCUT2D eigenvalue weighted by Gasteiger charge is -2.11. The molecule has 0 spiro atoms. The molecule has 0 aliphatic carbocycles. The molecular weight excluding hydrogens is 446 g/mol. The molecule has 0 aliphatic rings. The summed E-state index contributed by atoms with van der Waals surface area (Å²) >= 11 is 4.57. The molecule has 158 valence electrons. The molecule has 4 aromatic rings. The van der Waals surface area contributed by atoms with E-state index in [1.807, 2.05) is 67.6 Å². The minimum atomic E-state index is -0.279. The van der Waals surface area contributed by atoms with Gasteiger partial charge in [0.2, 0.25) is 5.91 Å². The molecule has 0 bridgehead atoms. The van der Waals surface area contributed by atoms with Crippen molar-refractivity contribution in [2.24, 2.45) is 0 Å². The van der Waals surface area contributed by atoms with E-state index in [1.54, 1.807) is 18.9 Å². The Balaban J connectivity index is 1.31. The van der Waals surface area contributed by atoms with Crippen molar-refractivity contribution in [3.8, 4) is 5.75 Å². The standard InChI is InChI=1S/C23H21N3O2S3/c1-15(21(27)24-19-10-9-17-5-3-4-6-18(17)13-19)30-23-26-25-22(31-23)29-14-16-7-11-20(28-2)12-8-16/h3-13,15H,14H2,1-2H3,(H,24,27). The fourth-order valence-electron chi connectivity index (χ4n) is 2.89. The zero-order valence-corrected chi connectivity index (χ0v) is 19.5. The Morgan fingerprint density at radius 3 is 2.55 bits per heavy atom. The summed E-state index contributed by atoms with van der Waals surface area (Å²) in [4.78, 5) is 12.6. The average Bonchev–Trinajstić information content (AvgIpc) is 3.25. The van der Waals surface area contributed by atoms with Crippen molar-refractivity contribution in [1.29, 1.82) is 0 Å². The average molecular weight is 468 g/mol. The van der Waals surface area contributed by atoms with Gasteiger partial charge in [-0.2, -0.15) is 0 Å². The number of ether oxygens (including phenoxy) is 1. The van der Waals surface area contributed by atoms with Crippen LogP contribution in [0.25, 0.3) is 10.8 Å². The largest absolute Gasteiger partial charge is 0.497 e. The van der Waals surface area contributed by atoms with E-state index in [1.165, 1.54) is 28.7 Å². The van der Waals surface area contributed by atoms with Gasteiger partial charge in [0.25, 0.3) is 0 Å². The van der Waals surface area contributed by atoms with Crippen LogP contribution in [-0.4, -0.2) is 28.5 Å².